The lowest BCUT2D eigenvalue weighted by molar-refractivity contribution is -0.144. The van der Waals surface area contributed by atoms with Gasteiger partial charge in [-0.3, -0.25) is 4.79 Å². The third kappa shape index (κ3) is 6.05. The highest BCUT2D eigenvalue weighted by atomic mass is 35.5. The van der Waals surface area contributed by atoms with Crippen molar-refractivity contribution in [1.82, 2.24) is 4.90 Å². The summed E-state index contributed by atoms with van der Waals surface area (Å²) in [5.41, 5.74) is 1.93. The molecular formula is C19H24ClNO2. The Kier molecular flexibility index (Phi) is 8.38. The molecule has 0 aliphatic heterocycles. The molecule has 0 atom stereocenters. The number of carbonyl (C=O) groups excluding carboxylic acids is 1. The van der Waals surface area contributed by atoms with Gasteiger partial charge in [0.2, 0.25) is 0 Å². The number of esters is 1. The van der Waals surface area contributed by atoms with Crippen molar-refractivity contribution < 1.29 is 9.53 Å². The fourth-order valence-electron chi connectivity index (χ4n) is 2.39. The predicted octanol–water partition coefficient (Wildman–Crippen LogP) is 3.74. The van der Waals surface area contributed by atoms with Crippen molar-refractivity contribution in [2.45, 2.75) is 12.3 Å². The molecule has 0 aliphatic rings. The van der Waals surface area contributed by atoms with Crippen LogP contribution in [0.3, 0.4) is 0 Å². The third-order valence-corrected chi connectivity index (χ3v) is 3.50. The monoisotopic (exact) mass is 333 g/mol. The van der Waals surface area contributed by atoms with Gasteiger partial charge in [0, 0.05) is 6.54 Å². The molecule has 0 spiro atoms. The molecule has 0 saturated heterocycles. The van der Waals surface area contributed by atoms with Crippen molar-refractivity contribution >= 4 is 18.4 Å². The molecule has 2 rings (SSSR count). The van der Waals surface area contributed by atoms with Crippen molar-refractivity contribution in [3.05, 3.63) is 71.8 Å². The maximum absolute atomic E-state index is 12.6. The zero-order valence-corrected chi connectivity index (χ0v) is 14.5. The van der Waals surface area contributed by atoms with Gasteiger partial charge in [0.1, 0.15) is 5.92 Å². The quantitative estimate of drug-likeness (QED) is 0.571. The molecule has 0 amide bonds. The van der Waals surface area contributed by atoms with Gasteiger partial charge in [0.25, 0.3) is 0 Å². The summed E-state index contributed by atoms with van der Waals surface area (Å²) in [7, 11) is 4.02. The normalized spacial score (nSPS) is 10.4. The molecule has 3 nitrogen and oxygen atoms in total. The van der Waals surface area contributed by atoms with E-state index in [1.54, 1.807) is 0 Å². The van der Waals surface area contributed by atoms with Crippen molar-refractivity contribution in [2.75, 3.05) is 27.2 Å². The summed E-state index contributed by atoms with van der Waals surface area (Å²) < 4.78 is 5.50. The van der Waals surface area contributed by atoms with Crippen LogP contribution in [0.2, 0.25) is 0 Å². The molecule has 0 radical (unpaired) electrons. The fourth-order valence-corrected chi connectivity index (χ4v) is 2.39. The molecule has 0 heterocycles. The van der Waals surface area contributed by atoms with Gasteiger partial charge >= 0.3 is 5.97 Å². The number of carbonyl (C=O) groups is 1. The number of rotatable bonds is 7. The standard InChI is InChI=1S/C19H23NO2.ClH/c1-20(2)14-9-15-22-19(21)18(16-10-5-3-6-11-16)17-12-7-4-8-13-17;/h3-8,10-13,18H,9,14-15H2,1-2H3;1H. The maximum atomic E-state index is 12.6. The van der Waals surface area contributed by atoms with Crippen LogP contribution in [-0.4, -0.2) is 38.1 Å². The van der Waals surface area contributed by atoms with E-state index < -0.39 is 0 Å². The van der Waals surface area contributed by atoms with Crippen LogP contribution in [0.1, 0.15) is 23.5 Å². The van der Waals surface area contributed by atoms with Crippen LogP contribution >= 0.6 is 12.4 Å². The minimum atomic E-state index is -0.359. The lowest BCUT2D eigenvalue weighted by Gasteiger charge is -2.17. The Hall–Kier alpha value is -1.84. The zero-order valence-electron chi connectivity index (χ0n) is 13.6. The second kappa shape index (κ2) is 10.0. The molecule has 23 heavy (non-hydrogen) atoms. The van der Waals surface area contributed by atoms with Gasteiger partial charge in [-0.15, -0.1) is 12.4 Å². The highest BCUT2D eigenvalue weighted by molar-refractivity contribution is 5.85. The Balaban J connectivity index is 0.00000264. The summed E-state index contributed by atoms with van der Waals surface area (Å²) in [6, 6.07) is 19.6. The first-order valence-electron chi connectivity index (χ1n) is 7.59. The van der Waals surface area contributed by atoms with E-state index in [1.165, 1.54) is 0 Å². The van der Waals surface area contributed by atoms with Crippen LogP contribution < -0.4 is 0 Å². The predicted molar refractivity (Wildman–Crippen MR) is 96.1 cm³/mol. The number of ether oxygens (including phenoxy) is 1. The van der Waals surface area contributed by atoms with E-state index in [2.05, 4.69) is 4.90 Å². The highest BCUT2D eigenvalue weighted by Crippen LogP contribution is 2.25. The van der Waals surface area contributed by atoms with Crippen LogP contribution in [0.25, 0.3) is 0 Å². The molecule has 0 bridgehead atoms. The van der Waals surface area contributed by atoms with E-state index in [9.17, 15) is 4.79 Å². The van der Waals surface area contributed by atoms with Crippen molar-refractivity contribution in [3.8, 4) is 0 Å². The second-order valence-electron chi connectivity index (χ2n) is 5.58. The zero-order chi connectivity index (χ0) is 15.8. The summed E-state index contributed by atoms with van der Waals surface area (Å²) in [6.07, 6.45) is 0.842. The van der Waals surface area contributed by atoms with Crippen LogP contribution in [0, 0.1) is 0 Å². The van der Waals surface area contributed by atoms with Gasteiger partial charge in [-0.05, 0) is 31.6 Å². The van der Waals surface area contributed by atoms with E-state index in [1.807, 2.05) is 74.8 Å². The van der Waals surface area contributed by atoms with Crippen LogP contribution in [-0.2, 0) is 9.53 Å². The molecule has 0 aliphatic carbocycles. The first-order chi connectivity index (χ1) is 10.7. The summed E-state index contributed by atoms with van der Waals surface area (Å²) in [5, 5.41) is 0. The third-order valence-electron chi connectivity index (χ3n) is 3.50. The molecule has 0 saturated carbocycles. The number of hydrogen-bond donors (Lipinski definition) is 0. The van der Waals surface area contributed by atoms with Crippen molar-refractivity contribution in [1.29, 1.82) is 0 Å². The Labute approximate surface area is 144 Å². The van der Waals surface area contributed by atoms with Gasteiger partial charge in [-0.1, -0.05) is 60.7 Å². The summed E-state index contributed by atoms with van der Waals surface area (Å²) in [5.74, 6) is -0.544. The average Bonchev–Trinajstić information content (AvgIpc) is 2.54. The van der Waals surface area contributed by atoms with Gasteiger partial charge < -0.3 is 9.64 Å². The number of hydrogen-bond acceptors (Lipinski definition) is 3. The lowest BCUT2D eigenvalue weighted by Crippen LogP contribution is -2.20. The van der Waals surface area contributed by atoms with Crippen molar-refractivity contribution in [2.24, 2.45) is 0 Å². The first kappa shape index (κ1) is 19.2. The number of nitrogens with zero attached hydrogens (tertiary/aromatic N) is 1. The Bertz CT molecular complexity index is 533. The van der Waals surface area contributed by atoms with E-state index in [0.29, 0.717) is 6.61 Å². The molecule has 124 valence electrons. The van der Waals surface area contributed by atoms with Crippen LogP contribution in [0.15, 0.2) is 60.7 Å². The van der Waals surface area contributed by atoms with Gasteiger partial charge in [-0.25, -0.2) is 0 Å². The smallest absolute Gasteiger partial charge is 0.317 e. The topological polar surface area (TPSA) is 29.5 Å². The Morgan fingerprint density at radius 1 is 0.957 bits per heavy atom. The highest BCUT2D eigenvalue weighted by Gasteiger charge is 2.23. The van der Waals surface area contributed by atoms with Gasteiger partial charge in [0.15, 0.2) is 0 Å². The minimum Gasteiger partial charge on any atom is -0.465 e. The molecule has 0 aromatic heterocycles. The van der Waals surface area contributed by atoms with Crippen molar-refractivity contribution in [3.63, 3.8) is 0 Å². The summed E-state index contributed by atoms with van der Waals surface area (Å²) >= 11 is 0. The molecule has 0 fully saturated rings. The van der Waals surface area contributed by atoms with E-state index in [-0.39, 0.29) is 24.3 Å². The number of benzene rings is 2. The SMILES string of the molecule is CN(C)CCCOC(=O)C(c1ccccc1)c1ccccc1.Cl. The first-order valence-corrected chi connectivity index (χ1v) is 7.59. The number of halogens is 1. The largest absolute Gasteiger partial charge is 0.465 e. The Morgan fingerprint density at radius 2 is 1.43 bits per heavy atom. The maximum Gasteiger partial charge on any atom is 0.317 e. The molecule has 0 unspecified atom stereocenters. The molecule has 2 aromatic rings. The average molecular weight is 334 g/mol. The second-order valence-corrected chi connectivity index (χ2v) is 5.58. The summed E-state index contributed by atoms with van der Waals surface area (Å²) in [4.78, 5) is 14.6. The van der Waals surface area contributed by atoms with E-state index >= 15 is 0 Å². The fraction of sp³-hybridized carbons (Fsp3) is 0.316. The molecule has 4 heteroatoms. The van der Waals surface area contributed by atoms with Crippen LogP contribution in [0.4, 0.5) is 0 Å². The van der Waals surface area contributed by atoms with Crippen LogP contribution in [0.5, 0.6) is 0 Å². The molecule has 0 N–H and O–H groups in total. The van der Waals surface area contributed by atoms with E-state index in [0.717, 1.165) is 24.1 Å². The van der Waals surface area contributed by atoms with Gasteiger partial charge in [0.05, 0.1) is 6.61 Å². The minimum absolute atomic E-state index is 0. The lowest BCUT2D eigenvalue weighted by atomic mass is 9.91. The molecule has 2 aromatic carbocycles. The van der Waals surface area contributed by atoms with E-state index in [4.69, 9.17) is 4.74 Å². The Morgan fingerprint density at radius 3 is 1.87 bits per heavy atom. The van der Waals surface area contributed by atoms with Gasteiger partial charge in [-0.2, -0.15) is 0 Å². The summed E-state index contributed by atoms with van der Waals surface area (Å²) in [6.45, 7) is 1.36. The molecular weight excluding hydrogens is 310 g/mol.